The number of ether oxygens (including phenoxy) is 2. The van der Waals surface area contributed by atoms with E-state index in [1.165, 1.54) is 6.07 Å². The molecular weight excluding hydrogens is 458 g/mol. The van der Waals surface area contributed by atoms with Gasteiger partial charge in [0, 0.05) is 18.8 Å². The number of carbonyl (C=O) groups excluding carboxylic acids is 1. The van der Waals surface area contributed by atoms with Crippen LogP contribution in [0.4, 0.5) is 10.1 Å². The monoisotopic (exact) mass is 476 g/mol. The maximum Gasteiger partial charge on any atom is 0.246 e. The van der Waals surface area contributed by atoms with Gasteiger partial charge in [-0.2, -0.15) is 4.31 Å². The molecule has 1 amide bonds. The number of sulfonamides is 1. The van der Waals surface area contributed by atoms with Gasteiger partial charge in [0.1, 0.15) is 21.5 Å². The smallest absolute Gasteiger partial charge is 0.246 e. The fraction of sp³-hybridized carbons (Fsp3) is 0.316. The summed E-state index contributed by atoms with van der Waals surface area (Å²) in [6, 6.07) is 8.30. The molecule has 1 aliphatic rings. The molecule has 2 aromatic carbocycles. The lowest BCUT2D eigenvalue weighted by Gasteiger charge is -2.26. The molecule has 7 nitrogen and oxygen atoms in total. The van der Waals surface area contributed by atoms with Crippen LogP contribution in [0.15, 0.2) is 41.3 Å². The first kappa shape index (κ1) is 22.8. The molecule has 0 spiro atoms. The SMILES string of the molecule is O=C(CCOc1cccc(Cl)c1Cl)Nc1ccc(F)c(S(=O)(=O)N2CCOCC2)c1. The molecule has 1 N–H and O–H groups in total. The third-order valence-electron chi connectivity index (χ3n) is 4.31. The second-order valence-electron chi connectivity index (χ2n) is 6.36. The van der Waals surface area contributed by atoms with E-state index in [2.05, 4.69) is 5.32 Å². The Kier molecular flexibility index (Phi) is 7.54. The Morgan fingerprint density at radius 3 is 2.67 bits per heavy atom. The van der Waals surface area contributed by atoms with Gasteiger partial charge in [-0.05, 0) is 30.3 Å². The lowest BCUT2D eigenvalue weighted by atomic mass is 10.3. The number of nitrogens with zero attached hydrogens (tertiary/aromatic N) is 1. The maximum atomic E-state index is 14.2. The van der Waals surface area contributed by atoms with Crippen molar-refractivity contribution < 1.29 is 27.1 Å². The summed E-state index contributed by atoms with van der Waals surface area (Å²) in [5.74, 6) is -0.981. The van der Waals surface area contributed by atoms with Crippen LogP contribution >= 0.6 is 23.2 Å². The number of rotatable bonds is 7. The molecule has 3 rings (SSSR count). The van der Waals surface area contributed by atoms with Gasteiger partial charge in [0.25, 0.3) is 0 Å². The number of anilines is 1. The van der Waals surface area contributed by atoms with Crippen molar-refractivity contribution in [2.24, 2.45) is 0 Å². The number of nitrogens with one attached hydrogen (secondary N) is 1. The second kappa shape index (κ2) is 9.93. The third kappa shape index (κ3) is 5.41. The summed E-state index contributed by atoms with van der Waals surface area (Å²) in [6.45, 7) is 0.789. The van der Waals surface area contributed by atoms with E-state index in [1.54, 1.807) is 18.2 Å². The molecule has 2 aromatic rings. The molecule has 0 radical (unpaired) electrons. The van der Waals surface area contributed by atoms with E-state index in [4.69, 9.17) is 32.7 Å². The maximum absolute atomic E-state index is 14.2. The van der Waals surface area contributed by atoms with Crippen molar-refractivity contribution >= 4 is 44.8 Å². The number of morpholine rings is 1. The van der Waals surface area contributed by atoms with E-state index < -0.39 is 26.6 Å². The normalized spacial score (nSPS) is 15.0. The number of benzene rings is 2. The van der Waals surface area contributed by atoms with Crippen LogP contribution in [0.2, 0.25) is 10.0 Å². The average molecular weight is 477 g/mol. The first-order valence-electron chi connectivity index (χ1n) is 9.03. The Balaban J connectivity index is 1.63. The van der Waals surface area contributed by atoms with E-state index in [9.17, 15) is 17.6 Å². The highest BCUT2D eigenvalue weighted by Gasteiger charge is 2.29. The molecule has 0 atom stereocenters. The fourth-order valence-electron chi connectivity index (χ4n) is 2.78. The van der Waals surface area contributed by atoms with Gasteiger partial charge >= 0.3 is 0 Å². The molecular formula is C19H19Cl2FN2O5S. The highest BCUT2D eigenvalue weighted by Crippen LogP contribution is 2.31. The predicted molar refractivity (Wildman–Crippen MR) is 111 cm³/mol. The predicted octanol–water partition coefficient (Wildman–Crippen LogP) is 3.56. The fourth-order valence-corrected chi connectivity index (χ4v) is 4.62. The molecule has 1 fully saturated rings. The quantitative estimate of drug-likeness (QED) is 0.660. The standard InChI is InChI=1S/C19H19Cl2FN2O5S/c20-14-2-1-3-16(19(14)21)29-9-6-18(25)23-13-4-5-15(22)17(12-13)30(26,27)24-7-10-28-11-8-24/h1-5,12H,6-11H2,(H,23,25). The lowest BCUT2D eigenvalue weighted by molar-refractivity contribution is -0.116. The molecule has 162 valence electrons. The van der Waals surface area contributed by atoms with Crippen molar-refractivity contribution in [3.05, 3.63) is 52.3 Å². The van der Waals surface area contributed by atoms with Gasteiger partial charge in [0.15, 0.2) is 0 Å². The van der Waals surface area contributed by atoms with Gasteiger partial charge in [-0.25, -0.2) is 12.8 Å². The summed E-state index contributed by atoms with van der Waals surface area (Å²) in [4.78, 5) is 11.7. The minimum absolute atomic E-state index is 0.0199. The van der Waals surface area contributed by atoms with E-state index in [0.717, 1.165) is 16.4 Å². The van der Waals surface area contributed by atoms with Gasteiger partial charge in [-0.3, -0.25) is 4.79 Å². The minimum Gasteiger partial charge on any atom is -0.491 e. The van der Waals surface area contributed by atoms with Crippen molar-refractivity contribution in [1.82, 2.24) is 4.31 Å². The second-order valence-corrected chi connectivity index (χ2v) is 9.05. The molecule has 1 aliphatic heterocycles. The highest BCUT2D eigenvalue weighted by atomic mass is 35.5. The zero-order valence-corrected chi connectivity index (χ0v) is 18.1. The van der Waals surface area contributed by atoms with E-state index in [1.807, 2.05) is 0 Å². The van der Waals surface area contributed by atoms with Crippen molar-refractivity contribution in [1.29, 1.82) is 0 Å². The van der Waals surface area contributed by atoms with E-state index in [-0.39, 0.29) is 50.0 Å². The zero-order valence-electron chi connectivity index (χ0n) is 15.7. The zero-order chi connectivity index (χ0) is 21.7. The van der Waals surface area contributed by atoms with Crippen molar-refractivity contribution in [2.75, 3.05) is 38.2 Å². The average Bonchev–Trinajstić information content (AvgIpc) is 2.73. The van der Waals surface area contributed by atoms with Gasteiger partial charge in [0.05, 0.1) is 31.3 Å². The van der Waals surface area contributed by atoms with Gasteiger partial charge in [-0.1, -0.05) is 29.3 Å². The first-order valence-corrected chi connectivity index (χ1v) is 11.2. The summed E-state index contributed by atoms with van der Waals surface area (Å²) in [7, 11) is -4.04. The topological polar surface area (TPSA) is 84.9 Å². The molecule has 0 unspecified atom stereocenters. The van der Waals surface area contributed by atoms with Crippen molar-refractivity contribution in [2.45, 2.75) is 11.3 Å². The van der Waals surface area contributed by atoms with Crippen LogP contribution in [0, 0.1) is 5.82 Å². The molecule has 30 heavy (non-hydrogen) atoms. The largest absolute Gasteiger partial charge is 0.491 e. The van der Waals surface area contributed by atoms with Gasteiger partial charge in [-0.15, -0.1) is 0 Å². The number of halogens is 3. The van der Waals surface area contributed by atoms with Crippen LogP contribution in [0.25, 0.3) is 0 Å². The molecule has 0 saturated carbocycles. The van der Waals surface area contributed by atoms with Crippen molar-refractivity contribution in [3.63, 3.8) is 0 Å². The Hall–Kier alpha value is -1.91. The number of hydrogen-bond donors (Lipinski definition) is 1. The first-order chi connectivity index (χ1) is 14.3. The van der Waals surface area contributed by atoms with Crippen LogP contribution in [0.5, 0.6) is 5.75 Å². The molecule has 1 heterocycles. The lowest BCUT2D eigenvalue weighted by Crippen LogP contribution is -2.40. The third-order valence-corrected chi connectivity index (χ3v) is 7.02. The van der Waals surface area contributed by atoms with Crippen LogP contribution in [0.1, 0.15) is 6.42 Å². The summed E-state index contributed by atoms with van der Waals surface area (Å²) in [6.07, 6.45) is -0.0359. The number of carbonyl (C=O) groups is 1. The Bertz CT molecular complexity index is 1030. The Morgan fingerprint density at radius 2 is 1.93 bits per heavy atom. The highest BCUT2D eigenvalue weighted by molar-refractivity contribution is 7.89. The molecule has 11 heteroatoms. The Morgan fingerprint density at radius 1 is 1.20 bits per heavy atom. The van der Waals surface area contributed by atoms with Gasteiger partial charge in [0.2, 0.25) is 15.9 Å². The molecule has 0 aromatic heterocycles. The summed E-state index contributed by atoms with van der Waals surface area (Å²) in [5.41, 5.74) is 0.161. The van der Waals surface area contributed by atoms with E-state index in [0.29, 0.717) is 10.8 Å². The van der Waals surface area contributed by atoms with Crippen LogP contribution < -0.4 is 10.1 Å². The van der Waals surface area contributed by atoms with E-state index >= 15 is 0 Å². The summed E-state index contributed by atoms with van der Waals surface area (Å²) in [5, 5.41) is 3.12. The minimum atomic E-state index is -4.04. The van der Waals surface area contributed by atoms with Crippen LogP contribution in [0.3, 0.4) is 0 Å². The van der Waals surface area contributed by atoms with Crippen LogP contribution in [-0.2, 0) is 19.6 Å². The van der Waals surface area contributed by atoms with Crippen molar-refractivity contribution in [3.8, 4) is 5.75 Å². The van der Waals surface area contributed by atoms with Crippen LogP contribution in [-0.4, -0.2) is 51.5 Å². The summed E-state index contributed by atoms with van der Waals surface area (Å²) >= 11 is 11.9. The number of amides is 1. The Labute approximate surface area is 183 Å². The summed E-state index contributed by atoms with van der Waals surface area (Å²) < 4.78 is 51.4. The van der Waals surface area contributed by atoms with Gasteiger partial charge < -0.3 is 14.8 Å². The molecule has 1 saturated heterocycles. The molecule has 0 aliphatic carbocycles. The number of hydrogen-bond acceptors (Lipinski definition) is 5. The molecule has 0 bridgehead atoms.